The first-order chi connectivity index (χ1) is 11.0. The van der Waals surface area contributed by atoms with Crippen molar-refractivity contribution in [2.45, 2.75) is 31.1 Å². The van der Waals surface area contributed by atoms with Crippen molar-refractivity contribution < 1.29 is 19.4 Å². The lowest BCUT2D eigenvalue weighted by molar-refractivity contribution is -0.0565. The number of amides is 1. The molecular weight excluding hydrogens is 415 g/mol. The number of aromatic nitrogens is 1. The zero-order chi connectivity index (χ0) is 16.6. The molecule has 4 atom stereocenters. The van der Waals surface area contributed by atoms with Gasteiger partial charge < -0.3 is 29.8 Å². The van der Waals surface area contributed by atoms with Crippen molar-refractivity contribution >= 4 is 34.3 Å². The molecule has 0 aromatic carbocycles. The van der Waals surface area contributed by atoms with E-state index in [-0.39, 0.29) is 24.8 Å². The maximum Gasteiger partial charge on any atom is 0.258 e. The first-order valence-electron chi connectivity index (χ1n) is 7.27. The molecule has 1 amide bonds. The predicted octanol–water partition coefficient (Wildman–Crippen LogP) is 0.341. The Morgan fingerprint density at radius 3 is 3.09 bits per heavy atom. The summed E-state index contributed by atoms with van der Waals surface area (Å²) >= 11 is 2.10. The van der Waals surface area contributed by atoms with Gasteiger partial charge in [-0.25, -0.2) is 0 Å². The Hall–Kier alpha value is -1.14. The molecule has 9 heteroatoms. The molecule has 1 aromatic heterocycles. The number of hydrogen-bond acceptors (Lipinski definition) is 6. The smallest absolute Gasteiger partial charge is 0.258 e. The van der Waals surface area contributed by atoms with Crippen LogP contribution in [0.2, 0.25) is 0 Å². The molecule has 0 aliphatic carbocycles. The highest BCUT2D eigenvalue weighted by Gasteiger charge is 2.39. The highest BCUT2D eigenvalue weighted by molar-refractivity contribution is 14.1. The zero-order valence-corrected chi connectivity index (χ0v) is 14.5. The van der Waals surface area contributed by atoms with Crippen molar-refractivity contribution in [1.82, 2.24) is 9.88 Å². The van der Waals surface area contributed by atoms with Crippen molar-refractivity contribution in [2.75, 3.05) is 18.5 Å². The van der Waals surface area contributed by atoms with Gasteiger partial charge in [0, 0.05) is 16.2 Å². The molecule has 0 bridgehead atoms. The Balaban J connectivity index is 1.87. The maximum absolute atomic E-state index is 12.1. The summed E-state index contributed by atoms with van der Waals surface area (Å²) in [6.45, 7) is 3.88. The summed E-state index contributed by atoms with van der Waals surface area (Å²) < 4.78 is 14.2. The third-order valence-corrected chi connectivity index (χ3v) is 4.71. The van der Waals surface area contributed by atoms with E-state index in [1.807, 2.05) is 10.8 Å². The number of ether oxygens (including phenoxy) is 2. The van der Waals surface area contributed by atoms with E-state index in [2.05, 4.69) is 39.8 Å². The van der Waals surface area contributed by atoms with Gasteiger partial charge in [0.25, 0.3) is 5.91 Å². The second-order valence-corrected chi connectivity index (χ2v) is 6.57. The van der Waals surface area contributed by atoms with Gasteiger partial charge in [-0.15, -0.1) is 6.58 Å². The molecule has 8 nitrogen and oxygen atoms in total. The molecule has 2 aliphatic rings. The fourth-order valence-electron chi connectivity index (χ4n) is 2.88. The van der Waals surface area contributed by atoms with E-state index in [9.17, 15) is 9.90 Å². The van der Waals surface area contributed by atoms with Crippen LogP contribution in [0.3, 0.4) is 0 Å². The number of carbonyl (C=O) groups excluding carboxylic acids is 1. The van der Waals surface area contributed by atoms with Crippen LogP contribution < -0.4 is 16.4 Å². The van der Waals surface area contributed by atoms with Gasteiger partial charge in [-0.2, -0.15) is 0 Å². The average Bonchev–Trinajstić information content (AvgIpc) is 3.06. The Labute approximate surface area is 147 Å². The summed E-state index contributed by atoms with van der Waals surface area (Å²) in [5.41, 5.74) is 6.34. The van der Waals surface area contributed by atoms with Gasteiger partial charge in [0.2, 0.25) is 0 Å². The third-order valence-electron chi connectivity index (χ3n) is 3.89. The molecule has 1 fully saturated rings. The maximum atomic E-state index is 12.1. The molecule has 1 aromatic rings. The minimum Gasteiger partial charge on any atom is -0.394 e. The van der Waals surface area contributed by atoms with Gasteiger partial charge in [0.15, 0.2) is 6.29 Å². The predicted molar refractivity (Wildman–Crippen MR) is 91.8 cm³/mol. The monoisotopic (exact) mass is 434 g/mol. The number of fused-ring (bicyclic) bond motifs is 1. The molecule has 0 saturated carbocycles. The first kappa shape index (κ1) is 16.7. The summed E-state index contributed by atoms with van der Waals surface area (Å²) in [7, 11) is 0. The summed E-state index contributed by atoms with van der Waals surface area (Å²) in [5.74, 6) is 0.405. The van der Waals surface area contributed by atoms with Crippen molar-refractivity contribution in [2.24, 2.45) is 5.73 Å². The van der Waals surface area contributed by atoms with Gasteiger partial charge in [-0.1, -0.05) is 6.08 Å². The SMILES string of the molecule is C=CCOC1CC(n2cc(I)c3c2NC(N)NC3=O)OC1CO. The van der Waals surface area contributed by atoms with Crippen molar-refractivity contribution in [3.63, 3.8) is 0 Å². The number of nitrogens with two attached hydrogens (primary N) is 1. The van der Waals surface area contributed by atoms with Crippen LogP contribution in [0, 0.1) is 3.57 Å². The van der Waals surface area contributed by atoms with Crippen LogP contribution in [0.4, 0.5) is 5.82 Å². The number of hydrogen-bond donors (Lipinski definition) is 4. The van der Waals surface area contributed by atoms with Gasteiger partial charge in [-0.05, 0) is 22.6 Å². The minimum absolute atomic E-state index is 0.133. The standard InChI is InChI=1S/C14H19IN4O4/c1-2-3-22-8-4-10(23-9(8)6-20)19-5-7(15)11-12(19)17-14(16)18-13(11)21/h2,5,8-10,14,17,20H,1,3-4,6,16H2,(H,18,21). The largest absolute Gasteiger partial charge is 0.394 e. The van der Waals surface area contributed by atoms with E-state index < -0.39 is 12.4 Å². The Kier molecular flexibility index (Phi) is 4.92. The summed E-state index contributed by atoms with van der Waals surface area (Å²) in [5, 5.41) is 15.2. The average molecular weight is 434 g/mol. The lowest BCUT2D eigenvalue weighted by Crippen LogP contribution is -2.51. The Bertz CT molecular complexity index is 620. The van der Waals surface area contributed by atoms with Crippen LogP contribution in [0.5, 0.6) is 0 Å². The normalized spacial score (nSPS) is 29.8. The number of anilines is 1. The Morgan fingerprint density at radius 1 is 1.61 bits per heavy atom. The number of rotatable bonds is 5. The van der Waals surface area contributed by atoms with Crippen LogP contribution in [0.1, 0.15) is 23.0 Å². The highest BCUT2D eigenvalue weighted by atomic mass is 127. The van der Waals surface area contributed by atoms with E-state index in [0.717, 1.165) is 3.57 Å². The minimum atomic E-state index is -0.651. The molecule has 2 aliphatic heterocycles. The number of halogens is 1. The molecule has 126 valence electrons. The van der Waals surface area contributed by atoms with Gasteiger partial charge >= 0.3 is 0 Å². The molecule has 3 rings (SSSR count). The van der Waals surface area contributed by atoms with E-state index in [1.54, 1.807) is 6.08 Å². The van der Waals surface area contributed by atoms with Crippen LogP contribution in [0.25, 0.3) is 0 Å². The van der Waals surface area contributed by atoms with Gasteiger partial charge in [-0.3, -0.25) is 10.5 Å². The molecule has 0 spiro atoms. The van der Waals surface area contributed by atoms with Gasteiger partial charge in [0.05, 0.1) is 24.9 Å². The lowest BCUT2D eigenvalue weighted by Gasteiger charge is -2.26. The van der Waals surface area contributed by atoms with E-state index in [1.165, 1.54) is 0 Å². The van der Waals surface area contributed by atoms with Crippen LogP contribution in [-0.2, 0) is 9.47 Å². The van der Waals surface area contributed by atoms with E-state index in [0.29, 0.717) is 24.4 Å². The number of aliphatic hydroxyl groups is 1. The summed E-state index contributed by atoms with van der Waals surface area (Å²) in [6.07, 6.45) is 2.42. The number of carbonyl (C=O) groups is 1. The zero-order valence-electron chi connectivity index (χ0n) is 12.4. The fourth-order valence-corrected chi connectivity index (χ4v) is 3.68. The second-order valence-electron chi connectivity index (χ2n) is 5.41. The van der Waals surface area contributed by atoms with Crippen LogP contribution in [-0.4, -0.2) is 47.3 Å². The molecule has 5 N–H and O–H groups in total. The molecule has 3 heterocycles. The third kappa shape index (κ3) is 3.11. The quantitative estimate of drug-likeness (QED) is 0.393. The number of nitrogens with one attached hydrogen (secondary N) is 2. The van der Waals surface area contributed by atoms with Crippen LogP contribution >= 0.6 is 22.6 Å². The summed E-state index contributed by atoms with van der Waals surface area (Å²) in [4.78, 5) is 12.1. The number of nitrogens with zero attached hydrogens (tertiary/aromatic N) is 1. The molecule has 1 saturated heterocycles. The number of aliphatic hydroxyl groups excluding tert-OH is 1. The molecule has 4 unspecified atom stereocenters. The van der Waals surface area contributed by atoms with Crippen molar-refractivity contribution in [1.29, 1.82) is 0 Å². The van der Waals surface area contributed by atoms with Crippen LogP contribution in [0.15, 0.2) is 18.9 Å². The summed E-state index contributed by atoms with van der Waals surface area (Å²) in [6, 6.07) is 0. The van der Waals surface area contributed by atoms with Crippen molar-refractivity contribution in [3.05, 3.63) is 28.0 Å². The molecule has 0 radical (unpaired) electrons. The molecular formula is C14H19IN4O4. The topological polar surface area (TPSA) is 111 Å². The van der Waals surface area contributed by atoms with E-state index >= 15 is 0 Å². The Morgan fingerprint density at radius 2 is 2.39 bits per heavy atom. The fraction of sp³-hybridized carbons (Fsp3) is 0.500. The first-order valence-corrected chi connectivity index (χ1v) is 8.35. The van der Waals surface area contributed by atoms with E-state index in [4.69, 9.17) is 15.2 Å². The second kappa shape index (κ2) is 6.77. The highest BCUT2D eigenvalue weighted by Crippen LogP contribution is 2.37. The van der Waals surface area contributed by atoms with Crippen molar-refractivity contribution in [3.8, 4) is 0 Å². The lowest BCUT2D eigenvalue weighted by atomic mass is 10.2. The molecule has 23 heavy (non-hydrogen) atoms. The van der Waals surface area contributed by atoms with Gasteiger partial charge in [0.1, 0.15) is 18.1 Å².